The van der Waals surface area contributed by atoms with Crippen LogP contribution in [0.3, 0.4) is 0 Å². The largest absolute Gasteiger partial charge is 0.508 e. The van der Waals surface area contributed by atoms with Crippen molar-refractivity contribution in [2.24, 2.45) is 0 Å². The number of para-hydroxylation sites is 1. The molecule has 0 radical (unpaired) electrons. The fraction of sp³-hybridized carbons (Fsp3) is 0.500. The van der Waals surface area contributed by atoms with E-state index in [2.05, 4.69) is 10.0 Å². The number of sulfonamides is 1. The van der Waals surface area contributed by atoms with E-state index in [1.165, 1.54) is 0 Å². The summed E-state index contributed by atoms with van der Waals surface area (Å²) in [6, 6.07) is 7.05. The second-order valence-electron chi connectivity index (χ2n) is 4.50. The standard InChI is InChI=1S/C12H18N2O3S/c15-12-4-2-1-3-10(12)9-14-18(16,17)8-6-11-5-7-13-11/h1-4,11,13-15H,5-9H2. The van der Waals surface area contributed by atoms with Crippen molar-refractivity contribution in [3.8, 4) is 5.75 Å². The molecule has 0 spiro atoms. The molecule has 6 heteroatoms. The molecule has 1 aliphatic rings. The highest BCUT2D eigenvalue weighted by molar-refractivity contribution is 7.89. The fourth-order valence-corrected chi connectivity index (χ4v) is 2.93. The van der Waals surface area contributed by atoms with E-state index in [0.29, 0.717) is 18.0 Å². The topological polar surface area (TPSA) is 78.4 Å². The van der Waals surface area contributed by atoms with E-state index in [0.717, 1.165) is 13.0 Å². The highest BCUT2D eigenvalue weighted by Crippen LogP contribution is 2.15. The van der Waals surface area contributed by atoms with Crippen LogP contribution in [-0.4, -0.2) is 31.9 Å². The van der Waals surface area contributed by atoms with Crippen molar-refractivity contribution in [2.75, 3.05) is 12.3 Å². The van der Waals surface area contributed by atoms with Gasteiger partial charge in [-0.1, -0.05) is 18.2 Å². The first-order chi connectivity index (χ1) is 8.57. The molecular formula is C12H18N2O3S. The lowest BCUT2D eigenvalue weighted by atomic mass is 10.1. The minimum absolute atomic E-state index is 0.112. The molecule has 0 saturated carbocycles. The molecule has 18 heavy (non-hydrogen) atoms. The molecule has 1 aromatic rings. The smallest absolute Gasteiger partial charge is 0.211 e. The van der Waals surface area contributed by atoms with Gasteiger partial charge in [0.15, 0.2) is 0 Å². The lowest BCUT2D eigenvalue weighted by Gasteiger charge is -2.27. The van der Waals surface area contributed by atoms with Crippen LogP contribution in [0.2, 0.25) is 0 Å². The third kappa shape index (κ3) is 3.69. The molecule has 0 bridgehead atoms. The van der Waals surface area contributed by atoms with E-state index in [-0.39, 0.29) is 18.0 Å². The number of hydrogen-bond donors (Lipinski definition) is 3. The number of aromatic hydroxyl groups is 1. The molecule has 0 aromatic heterocycles. The molecule has 1 heterocycles. The summed E-state index contributed by atoms with van der Waals surface area (Å²) in [4.78, 5) is 0. The summed E-state index contributed by atoms with van der Waals surface area (Å²) in [6.07, 6.45) is 1.69. The maximum Gasteiger partial charge on any atom is 0.211 e. The quantitative estimate of drug-likeness (QED) is 0.706. The zero-order valence-corrected chi connectivity index (χ0v) is 10.9. The molecule has 1 saturated heterocycles. The molecule has 1 unspecified atom stereocenters. The van der Waals surface area contributed by atoms with Crippen LogP contribution in [0.4, 0.5) is 0 Å². The van der Waals surface area contributed by atoms with Crippen LogP contribution >= 0.6 is 0 Å². The first-order valence-electron chi connectivity index (χ1n) is 6.04. The Hall–Kier alpha value is -1.11. The van der Waals surface area contributed by atoms with Gasteiger partial charge in [0.05, 0.1) is 5.75 Å². The molecule has 0 amide bonds. The van der Waals surface area contributed by atoms with Crippen LogP contribution in [0.25, 0.3) is 0 Å². The first-order valence-corrected chi connectivity index (χ1v) is 7.70. The molecule has 2 rings (SSSR count). The second-order valence-corrected chi connectivity index (χ2v) is 6.42. The van der Waals surface area contributed by atoms with Crippen molar-refractivity contribution >= 4 is 10.0 Å². The lowest BCUT2D eigenvalue weighted by molar-refractivity contribution is 0.361. The molecule has 0 aliphatic carbocycles. The third-order valence-corrected chi connectivity index (χ3v) is 4.49. The third-order valence-electron chi connectivity index (χ3n) is 3.14. The van der Waals surface area contributed by atoms with Crippen molar-refractivity contribution in [1.82, 2.24) is 10.0 Å². The number of hydrogen-bond acceptors (Lipinski definition) is 4. The van der Waals surface area contributed by atoms with Gasteiger partial charge in [-0.15, -0.1) is 0 Å². The maximum atomic E-state index is 11.7. The van der Waals surface area contributed by atoms with Crippen molar-refractivity contribution in [2.45, 2.75) is 25.4 Å². The Morgan fingerprint density at radius 2 is 2.11 bits per heavy atom. The minimum Gasteiger partial charge on any atom is -0.508 e. The van der Waals surface area contributed by atoms with Crippen LogP contribution in [0.1, 0.15) is 18.4 Å². The van der Waals surface area contributed by atoms with E-state index in [1.54, 1.807) is 24.3 Å². The van der Waals surface area contributed by atoms with Crippen molar-refractivity contribution < 1.29 is 13.5 Å². The summed E-state index contributed by atoms with van der Waals surface area (Å²) in [5, 5.41) is 12.7. The molecule has 1 atom stereocenters. The van der Waals surface area contributed by atoms with Gasteiger partial charge in [-0.05, 0) is 25.5 Å². The molecule has 1 aliphatic heterocycles. The first kappa shape index (κ1) is 13.3. The average molecular weight is 270 g/mol. The van der Waals surface area contributed by atoms with Gasteiger partial charge in [0.2, 0.25) is 10.0 Å². The van der Waals surface area contributed by atoms with E-state index in [1.807, 2.05) is 0 Å². The lowest BCUT2D eigenvalue weighted by Crippen LogP contribution is -2.44. The number of rotatable bonds is 6. The number of benzene rings is 1. The van der Waals surface area contributed by atoms with Gasteiger partial charge in [0.1, 0.15) is 5.75 Å². The normalized spacial score (nSPS) is 19.4. The van der Waals surface area contributed by atoms with Crippen molar-refractivity contribution in [1.29, 1.82) is 0 Å². The molecular weight excluding hydrogens is 252 g/mol. The molecule has 100 valence electrons. The van der Waals surface area contributed by atoms with Crippen LogP contribution in [0.15, 0.2) is 24.3 Å². The van der Waals surface area contributed by atoms with E-state index in [4.69, 9.17) is 0 Å². The fourth-order valence-electron chi connectivity index (χ4n) is 1.81. The van der Waals surface area contributed by atoms with Gasteiger partial charge in [0, 0.05) is 18.2 Å². The van der Waals surface area contributed by atoms with Gasteiger partial charge in [0.25, 0.3) is 0 Å². The van der Waals surface area contributed by atoms with Crippen molar-refractivity contribution in [3.05, 3.63) is 29.8 Å². The summed E-state index contributed by atoms with van der Waals surface area (Å²) >= 11 is 0. The number of phenols is 1. The van der Waals surface area contributed by atoms with Gasteiger partial charge < -0.3 is 10.4 Å². The van der Waals surface area contributed by atoms with Gasteiger partial charge in [-0.2, -0.15) is 0 Å². The Morgan fingerprint density at radius 1 is 1.39 bits per heavy atom. The van der Waals surface area contributed by atoms with Gasteiger partial charge >= 0.3 is 0 Å². The number of phenolic OH excluding ortho intramolecular Hbond substituents is 1. The van der Waals surface area contributed by atoms with Gasteiger partial charge in [-0.25, -0.2) is 13.1 Å². The Labute approximate surface area is 107 Å². The summed E-state index contributed by atoms with van der Waals surface area (Å²) < 4.78 is 26.0. The van der Waals surface area contributed by atoms with E-state index >= 15 is 0 Å². The molecule has 5 nitrogen and oxygen atoms in total. The molecule has 1 fully saturated rings. The maximum absolute atomic E-state index is 11.7. The summed E-state index contributed by atoms with van der Waals surface area (Å²) in [6.45, 7) is 1.11. The predicted octanol–water partition coefficient (Wildman–Crippen LogP) is 0.564. The predicted molar refractivity (Wildman–Crippen MR) is 69.8 cm³/mol. The Kier molecular flexibility index (Phi) is 4.21. The van der Waals surface area contributed by atoms with Gasteiger partial charge in [-0.3, -0.25) is 0 Å². The highest BCUT2D eigenvalue weighted by atomic mass is 32.2. The van der Waals surface area contributed by atoms with Crippen LogP contribution < -0.4 is 10.0 Å². The second kappa shape index (κ2) is 5.69. The monoisotopic (exact) mass is 270 g/mol. The van der Waals surface area contributed by atoms with Crippen LogP contribution in [0, 0.1) is 0 Å². The van der Waals surface area contributed by atoms with E-state index < -0.39 is 10.0 Å². The average Bonchev–Trinajstić information content (AvgIpc) is 2.26. The number of nitrogens with one attached hydrogen (secondary N) is 2. The Balaban J connectivity index is 1.82. The zero-order valence-electron chi connectivity index (χ0n) is 10.1. The summed E-state index contributed by atoms with van der Waals surface area (Å²) in [5.41, 5.74) is 0.586. The summed E-state index contributed by atoms with van der Waals surface area (Å²) in [5.74, 6) is 0.235. The highest BCUT2D eigenvalue weighted by Gasteiger charge is 2.19. The Bertz CT molecular complexity index is 498. The van der Waals surface area contributed by atoms with Crippen LogP contribution in [-0.2, 0) is 16.6 Å². The van der Waals surface area contributed by atoms with E-state index in [9.17, 15) is 13.5 Å². The van der Waals surface area contributed by atoms with Crippen LogP contribution in [0.5, 0.6) is 5.75 Å². The minimum atomic E-state index is -3.27. The zero-order chi connectivity index (χ0) is 13.0. The van der Waals surface area contributed by atoms with Crippen molar-refractivity contribution in [3.63, 3.8) is 0 Å². The molecule has 3 N–H and O–H groups in total. The summed E-state index contributed by atoms with van der Waals surface area (Å²) in [7, 11) is -3.27. The Morgan fingerprint density at radius 3 is 2.72 bits per heavy atom. The molecule has 1 aromatic carbocycles. The SMILES string of the molecule is O=S(=O)(CCC1CCN1)NCc1ccccc1O.